The zero-order chi connectivity index (χ0) is 14.5. The number of nitrogens with zero attached hydrogens (tertiary/aromatic N) is 2. The first kappa shape index (κ1) is 14.0. The Morgan fingerprint density at radius 2 is 1.90 bits per heavy atom. The highest BCUT2D eigenvalue weighted by Gasteiger charge is 2.10. The van der Waals surface area contributed by atoms with Crippen LogP contribution in [-0.4, -0.2) is 27.8 Å². The van der Waals surface area contributed by atoms with Gasteiger partial charge in [-0.05, 0) is 44.0 Å². The van der Waals surface area contributed by atoms with Gasteiger partial charge in [0.2, 0.25) is 0 Å². The van der Waals surface area contributed by atoms with Crippen LogP contribution in [0.2, 0.25) is 0 Å². The maximum atomic E-state index is 12.0. The molecule has 2 N–H and O–H groups in total. The fourth-order valence-electron chi connectivity index (χ4n) is 1.86. The lowest BCUT2D eigenvalue weighted by Gasteiger charge is -2.07. The number of carbonyl (C=O) groups is 1. The van der Waals surface area contributed by atoms with Crippen molar-refractivity contribution in [1.29, 1.82) is 0 Å². The molecule has 0 unspecified atom stereocenters. The molecule has 0 fully saturated rings. The van der Waals surface area contributed by atoms with Gasteiger partial charge in [0, 0.05) is 6.54 Å². The molecule has 0 aliphatic rings. The van der Waals surface area contributed by atoms with E-state index in [1.807, 2.05) is 12.1 Å². The molecule has 2 rings (SSSR count). The molecule has 1 aromatic heterocycles. The summed E-state index contributed by atoms with van der Waals surface area (Å²) in [6.45, 7) is 4.10. The molecule has 104 valence electrons. The lowest BCUT2D eigenvalue weighted by molar-refractivity contribution is 0.0952. The second-order valence-corrected chi connectivity index (χ2v) is 4.66. The van der Waals surface area contributed by atoms with Crippen molar-refractivity contribution < 1.29 is 9.90 Å². The molecule has 0 spiro atoms. The van der Waals surface area contributed by atoms with Gasteiger partial charge in [-0.3, -0.25) is 4.79 Å². The Morgan fingerprint density at radius 1 is 1.20 bits per heavy atom. The second kappa shape index (κ2) is 6.14. The number of hydrogen-bond donors (Lipinski definition) is 2. The lowest BCUT2D eigenvalue weighted by atomic mass is 10.1. The van der Waals surface area contributed by atoms with E-state index in [4.69, 9.17) is 0 Å². The van der Waals surface area contributed by atoms with Gasteiger partial charge in [0.15, 0.2) is 0 Å². The van der Waals surface area contributed by atoms with E-state index < -0.39 is 0 Å². The van der Waals surface area contributed by atoms with Crippen LogP contribution in [0.5, 0.6) is 5.75 Å². The fraction of sp³-hybridized carbons (Fsp3) is 0.267. The number of aromatic nitrogens is 2. The number of phenolic OH excluding ortho intramolecular Hbond substituents is 1. The molecular formula is C15H17N3O2. The third-order valence-electron chi connectivity index (χ3n) is 2.98. The number of nitrogens with one attached hydrogen (secondary N) is 1. The molecule has 2 aromatic rings. The molecule has 0 aliphatic heterocycles. The zero-order valence-corrected chi connectivity index (χ0v) is 11.6. The first-order valence-electron chi connectivity index (χ1n) is 6.43. The normalized spacial score (nSPS) is 10.3. The third kappa shape index (κ3) is 3.54. The molecule has 1 heterocycles. The van der Waals surface area contributed by atoms with Crippen molar-refractivity contribution in [2.24, 2.45) is 0 Å². The van der Waals surface area contributed by atoms with Gasteiger partial charge in [0.1, 0.15) is 5.75 Å². The maximum Gasteiger partial charge on any atom is 0.253 e. The van der Waals surface area contributed by atoms with Crippen LogP contribution in [-0.2, 0) is 6.42 Å². The maximum absolute atomic E-state index is 12.0. The number of amides is 1. The Bertz CT molecular complexity index is 609. The Labute approximate surface area is 117 Å². The summed E-state index contributed by atoms with van der Waals surface area (Å²) < 4.78 is 0. The molecule has 5 heteroatoms. The van der Waals surface area contributed by atoms with E-state index in [0.717, 1.165) is 11.3 Å². The molecule has 1 amide bonds. The zero-order valence-electron chi connectivity index (χ0n) is 11.6. The van der Waals surface area contributed by atoms with Gasteiger partial charge in [-0.1, -0.05) is 12.1 Å². The minimum absolute atomic E-state index is 0.140. The summed E-state index contributed by atoms with van der Waals surface area (Å²) in [6.07, 6.45) is 0.711. The summed E-state index contributed by atoms with van der Waals surface area (Å²) in [6, 6.07) is 8.68. The first-order valence-corrected chi connectivity index (χ1v) is 6.43. The van der Waals surface area contributed by atoms with Crippen LogP contribution in [0.15, 0.2) is 30.3 Å². The van der Waals surface area contributed by atoms with E-state index in [9.17, 15) is 9.90 Å². The van der Waals surface area contributed by atoms with Gasteiger partial charge >= 0.3 is 0 Å². The minimum atomic E-state index is -0.140. The monoisotopic (exact) mass is 271 g/mol. The predicted molar refractivity (Wildman–Crippen MR) is 75.7 cm³/mol. The Kier molecular flexibility index (Phi) is 4.30. The van der Waals surface area contributed by atoms with Crippen LogP contribution in [0.1, 0.15) is 27.3 Å². The smallest absolute Gasteiger partial charge is 0.253 e. The average molecular weight is 271 g/mol. The van der Waals surface area contributed by atoms with Crippen LogP contribution < -0.4 is 5.32 Å². The predicted octanol–water partition coefficient (Wildman–Crippen LogP) is 1.77. The van der Waals surface area contributed by atoms with Gasteiger partial charge < -0.3 is 10.4 Å². The third-order valence-corrected chi connectivity index (χ3v) is 2.98. The number of aromatic hydroxyl groups is 1. The minimum Gasteiger partial charge on any atom is -0.508 e. The number of carbonyl (C=O) groups excluding carboxylic acids is 1. The van der Waals surface area contributed by atoms with E-state index >= 15 is 0 Å². The number of hydrogen-bond acceptors (Lipinski definition) is 4. The van der Waals surface area contributed by atoms with Crippen molar-refractivity contribution in [3.63, 3.8) is 0 Å². The Balaban J connectivity index is 1.92. The van der Waals surface area contributed by atoms with Crippen LogP contribution in [0, 0.1) is 13.8 Å². The van der Waals surface area contributed by atoms with Gasteiger partial charge in [0.05, 0.1) is 17.0 Å². The van der Waals surface area contributed by atoms with Crippen molar-refractivity contribution in [2.75, 3.05) is 6.54 Å². The van der Waals surface area contributed by atoms with Crippen molar-refractivity contribution in [2.45, 2.75) is 20.3 Å². The average Bonchev–Trinajstić information content (AvgIpc) is 2.43. The fourth-order valence-corrected chi connectivity index (χ4v) is 1.86. The number of aryl methyl sites for hydroxylation is 2. The van der Waals surface area contributed by atoms with Gasteiger partial charge in [-0.2, -0.15) is 10.2 Å². The van der Waals surface area contributed by atoms with Crippen molar-refractivity contribution in [1.82, 2.24) is 15.5 Å². The summed E-state index contributed by atoms with van der Waals surface area (Å²) in [5.74, 6) is 0.103. The van der Waals surface area contributed by atoms with Crippen molar-refractivity contribution in [3.8, 4) is 5.75 Å². The summed E-state index contributed by atoms with van der Waals surface area (Å²) in [5.41, 5.74) is 2.96. The van der Waals surface area contributed by atoms with Crippen LogP contribution in [0.25, 0.3) is 0 Å². The standard InChI is InChI=1S/C15H17N3O2/c1-10-9-14(11(2)18-17-10)15(20)16-8-7-12-3-5-13(19)6-4-12/h3-6,9,19H,7-8H2,1-2H3,(H,16,20). The van der Waals surface area contributed by atoms with Gasteiger partial charge in [-0.25, -0.2) is 0 Å². The topological polar surface area (TPSA) is 75.1 Å². The van der Waals surface area contributed by atoms with E-state index in [2.05, 4.69) is 15.5 Å². The Hall–Kier alpha value is -2.43. The highest BCUT2D eigenvalue weighted by Crippen LogP contribution is 2.10. The summed E-state index contributed by atoms with van der Waals surface area (Å²) in [4.78, 5) is 12.0. The van der Waals surface area contributed by atoms with Crippen LogP contribution >= 0.6 is 0 Å². The molecule has 0 radical (unpaired) electrons. The summed E-state index contributed by atoms with van der Waals surface area (Å²) >= 11 is 0. The van der Waals surface area contributed by atoms with E-state index in [0.29, 0.717) is 24.2 Å². The largest absolute Gasteiger partial charge is 0.508 e. The first-order chi connectivity index (χ1) is 9.56. The Morgan fingerprint density at radius 3 is 2.60 bits per heavy atom. The van der Waals surface area contributed by atoms with Gasteiger partial charge in [0.25, 0.3) is 5.91 Å². The highest BCUT2D eigenvalue weighted by atomic mass is 16.3. The molecule has 0 atom stereocenters. The summed E-state index contributed by atoms with van der Waals surface area (Å²) in [7, 11) is 0. The second-order valence-electron chi connectivity index (χ2n) is 4.66. The molecule has 20 heavy (non-hydrogen) atoms. The van der Waals surface area contributed by atoms with E-state index in [1.54, 1.807) is 32.0 Å². The van der Waals surface area contributed by atoms with E-state index in [1.165, 1.54) is 0 Å². The SMILES string of the molecule is Cc1cc(C(=O)NCCc2ccc(O)cc2)c(C)nn1. The number of benzene rings is 1. The summed E-state index contributed by atoms with van der Waals surface area (Å²) in [5, 5.41) is 19.9. The van der Waals surface area contributed by atoms with Crippen LogP contribution in [0.3, 0.4) is 0 Å². The van der Waals surface area contributed by atoms with Gasteiger partial charge in [-0.15, -0.1) is 0 Å². The van der Waals surface area contributed by atoms with Crippen molar-refractivity contribution in [3.05, 3.63) is 52.8 Å². The molecule has 1 aromatic carbocycles. The molecule has 0 bridgehead atoms. The lowest BCUT2D eigenvalue weighted by Crippen LogP contribution is -2.27. The molecule has 0 saturated heterocycles. The molecular weight excluding hydrogens is 254 g/mol. The molecule has 5 nitrogen and oxygen atoms in total. The van der Waals surface area contributed by atoms with Crippen molar-refractivity contribution >= 4 is 5.91 Å². The number of rotatable bonds is 4. The number of phenols is 1. The molecule has 0 saturated carbocycles. The highest BCUT2D eigenvalue weighted by molar-refractivity contribution is 5.95. The molecule has 0 aliphatic carbocycles. The van der Waals surface area contributed by atoms with Crippen LogP contribution in [0.4, 0.5) is 0 Å². The quantitative estimate of drug-likeness (QED) is 0.888. The van der Waals surface area contributed by atoms with E-state index in [-0.39, 0.29) is 11.7 Å².